The van der Waals surface area contributed by atoms with E-state index in [1.54, 1.807) is 5.56 Å². The smallest absolute Gasteiger partial charge is 0.0419 e. The molecule has 0 spiro atoms. The fourth-order valence-corrected chi connectivity index (χ4v) is 3.47. The monoisotopic (exact) mass is 258 g/mol. The summed E-state index contributed by atoms with van der Waals surface area (Å²) in [5, 5.41) is 3.54. The van der Waals surface area contributed by atoms with E-state index >= 15 is 0 Å². The van der Waals surface area contributed by atoms with Crippen LogP contribution in [0.4, 0.5) is 11.4 Å². The van der Waals surface area contributed by atoms with Gasteiger partial charge in [0.25, 0.3) is 0 Å². The SMILES string of the molecule is CC(C)(C)C1CCN(c2cccc3c2CCCN3)C1. The average molecular weight is 258 g/mol. The Labute approximate surface area is 117 Å². The number of hydrogen-bond donors (Lipinski definition) is 1. The molecule has 0 saturated carbocycles. The molecule has 1 unspecified atom stereocenters. The van der Waals surface area contributed by atoms with Crippen LogP contribution in [0.3, 0.4) is 0 Å². The average Bonchev–Trinajstić information content (AvgIpc) is 2.87. The number of anilines is 2. The lowest BCUT2D eigenvalue weighted by Crippen LogP contribution is -2.27. The minimum Gasteiger partial charge on any atom is -0.385 e. The Hall–Kier alpha value is -1.18. The fraction of sp³-hybridized carbons (Fsp3) is 0.647. The van der Waals surface area contributed by atoms with Crippen molar-refractivity contribution in [1.29, 1.82) is 0 Å². The summed E-state index contributed by atoms with van der Waals surface area (Å²) in [6.07, 6.45) is 3.83. The first-order chi connectivity index (χ1) is 9.05. The Morgan fingerprint density at radius 2 is 2.11 bits per heavy atom. The van der Waals surface area contributed by atoms with Crippen molar-refractivity contribution in [3.05, 3.63) is 23.8 Å². The van der Waals surface area contributed by atoms with Crippen LogP contribution in [0.15, 0.2) is 18.2 Å². The number of hydrogen-bond acceptors (Lipinski definition) is 2. The van der Waals surface area contributed by atoms with E-state index < -0.39 is 0 Å². The lowest BCUT2D eigenvalue weighted by atomic mass is 9.80. The molecule has 104 valence electrons. The first kappa shape index (κ1) is 12.8. The molecule has 2 heteroatoms. The van der Waals surface area contributed by atoms with Gasteiger partial charge in [-0.05, 0) is 48.3 Å². The summed E-state index contributed by atoms with van der Waals surface area (Å²) in [4.78, 5) is 2.61. The van der Waals surface area contributed by atoms with Crippen molar-refractivity contribution < 1.29 is 0 Å². The van der Waals surface area contributed by atoms with Gasteiger partial charge in [-0.15, -0.1) is 0 Å². The highest BCUT2D eigenvalue weighted by molar-refractivity contribution is 5.68. The number of benzene rings is 1. The highest BCUT2D eigenvalue weighted by Gasteiger charge is 2.32. The Morgan fingerprint density at radius 3 is 2.84 bits per heavy atom. The molecule has 1 aromatic carbocycles. The normalized spacial score (nSPS) is 23.1. The third-order valence-corrected chi connectivity index (χ3v) is 4.82. The third kappa shape index (κ3) is 2.45. The summed E-state index contributed by atoms with van der Waals surface area (Å²) in [7, 11) is 0. The van der Waals surface area contributed by atoms with E-state index in [0.717, 1.165) is 12.5 Å². The molecule has 0 bridgehead atoms. The van der Waals surface area contributed by atoms with Crippen molar-refractivity contribution in [3.63, 3.8) is 0 Å². The standard InChI is InChI=1S/C17H26N2/c1-17(2,3)13-9-11-19(12-13)16-8-4-7-15-14(16)6-5-10-18-15/h4,7-8,13,18H,5-6,9-12H2,1-3H3. The molecule has 2 aliphatic heterocycles. The van der Waals surface area contributed by atoms with Crippen LogP contribution in [0.25, 0.3) is 0 Å². The summed E-state index contributed by atoms with van der Waals surface area (Å²) in [6, 6.07) is 6.75. The predicted molar refractivity (Wildman–Crippen MR) is 83.0 cm³/mol. The van der Waals surface area contributed by atoms with Crippen LogP contribution in [-0.4, -0.2) is 19.6 Å². The van der Waals surface area contributed by atoms with E-state index in [9.17, 15) is 0 Å². The first-order valence-corrected chi connectivity index (χ1v) is 7.66. The van der Waals surface area contributed by atoms with Gasteiger partial charge in [-0.2, -0.15) is 0 Å². The molecule has 1 atom stereocenters. The van der Waals surface area contributed by atoms with Crippen LogP contribution in [0.5, 0.6) is 0 Å². The van der Waals surface area contributed by atoms with Crippen molar-refractivity contribution in [1.82, 2.24) is 0 Å². The molecule has 0 aliphatic carbocycles. The molecular weight excluding hydrogens is 232 g/mol. The number of fused-ring (bicyclic) bond motifs is 1. The molecule has 1 saturated heterocycles. The van der Waals surface area contributed by atoms with Gasteiger partial charge in [0.2, 0.25) is 0 Å². The zero-order valence-electron chi connectivity index (χ0n) is 12.5. The van der Waals surface area contributed by atoms with E-state index in [1.165, 1.54) is 43.7 Å². The van der Waals surface area contributed by atoms with E-state index in [2.05, 4.69) is 49.2 Å². The molecule has 1 aromatic rings. The van der Waals surface area contributed by atoms with Gasteiger partial charge in [0, 0.05) is 31.0 Å². The maximum absolute atomic E-state index is 3.54. The molecule has 0 amide bonds. The first-order valence-electron chi connectivity index (χ1n) is 7.66. The molecular formula is C17H26N2. The van der Waals surface area contributed by atoms with Crippen LogP contribution < -0.4 is 10.2 Å². The molecule has 1 N–H and O–H groups in total. The molecule has 2 nitrogen and oxygen atoms in total. The summed E-state index contributed by atoms with van der Waals surface area (Å²) in [6.45, 7) is 10.7. The van der Waals surface area contributed by atoms with Crippen molar-refractivity contribution in [2.24, 2.45) is 11.3 Å². The van der Waals surface area contributed by atoms with Gasteiger partial charge in [-0.1, -0.05) is 26.8 Å². The maximum atomic E-state index is 3.54. The zero-order valence-corrected chi connectivity index (χ0v) is 12.5. The summed E-state index contributed by atoms with van der Waals surface area (Å²) >= 11 is 0. The molecule has 0 radical (unpaired) electrons. The topological polar surface area (TPSA) is 15.3 Å². The number of rotatable bonds is 1. The van der Waals surface area contributed by atoms with Gasteiger partial charge in [0.05, 0.1) is 0 Å². The van der Waals surface area contributed by atoms with Gasteiger partial charge in [-0.3, -0.25) is 0 Å². The number of nitrogens with one attached hydrogen (secondary N) is 1. The quantitative estimate of drug-likeness (QED) is 0.821. The lowest BCUT2D eigenvalue weighted by molar-refractivity contribution is 0.263. The second kappa shape index (κ2) is 4.73. The molecule has 19 heavy (non-hydrogen) atoms. The van der Waals surface area contributed by atoms with Crippen LogP contribution in [0.2, 0.25) is 0 Å². The van der Waals surface area contributed by atoms with E-state index in [1.807, 2.05) is 0 Å². The summed E-state index contributed by atoms with van der Waals surface area (Å²) < 4.78 is 0. The largest absolute Gasteiger partial charge is 0.385 e. The Morgan fingerprint density at radius 1 is 1.26 bits per heavy atom. The molecule has 1 fully saturated rings. The minimum atomic E-state index is 0.432. The Bertz CT molecular complexity index is 459. The van der Waals surface area contributed by atoms with Crippen LogP contribution in [-0.2, 0) is 6.42 Å². The highest BCUT2D eigenvalue weighted by atomic mass is 15.2. The third-order valence-electron chi connectivity index (χ3n) is 4.82. The Balaban J connectivity index is 1.84. The lowest BCUT2D eigenvalue weighted by Gasteiger charge is -2.30. The van der Waals surface area contributed by atoms with Crippen molar-refractivity contribution in [3.8, 4) is 0 Å². The van der Waals surface area contributed by atoms with Crippen LogP contribution >= 0.6 is 0 Å². The van der Waals surface area contributed by atoms with Crippen molar-refractivity contribution in [2.45, 2.75) is 40.0 Å². The van der Waals surface area contributed by atoms with Crippen molar-refractivity contribution >= 4 is 11.4 Å². The second-order valence-electron chi connectivity index (χ2n) is 7.13. The van der Waals surface area contributed by atoms with Gasteiger partial charge in [0.15, 0.2) is 0 Å². The Kier molecular flexibility index (Phi) is 3.20. The minimum absolute atomic E-state index is 0.432. The van der Waals surface area contributed by atoms with Gasteiger partial charge in [0.1, 0.15) is 0 Å². The fourth-order valence-electron chi connectivity index (χ4n) is 3.47. The van der Waals surface area contributed by atoms with Crippen LogP contribution in [0.1, 0.15) is 39.2 Å². The summed E-state index contributed by atoms with van der Waals surface area (Å²) in [5.74, 6) is 0.819. The van der Waals surface area contributed by atoms with E-state index in [0.29, 0.717) is 5.41 Å². The summed E-state index contributed by atoms with van der Waals surface area (Å²) in [5.41, 5.74) is 4.82. The van der Waals surface area contributed by atoms with Gasteiger partial charge < -0.3 is 10.2 Å². The van der Waals surface area contributed by atoms with Crippen LogP contribution in [0, 0.1) is 11.3 Å². The van der Waals surface area contributed by atoms with E-state index in [-0.39, 0.29) is 0 Å². The van der Waals surface area contributed by atoms with Gasteiger partial charge >= 0.3 is 0 Å². The van der Waals surface area contributed by atoms with Gasteiger partial charge in [-0.25, -0.2) is 0 Å². The van der Waals surface area contributed by atoms with E-state index in [4.69, 9.17) is 0 Å². The van der Waals surface area contributed by atoms with Crippen molar-refractivity contribution in [2.75, 3.05) is 29.9 Å². The molecule has 0 aromatic heterocycles. The molecule has 3 rings (SSSR count). The molecule has 2 heterocycles. The molecule has 2 aliphatic rings. The maximum Gasteiger partial charge on any atom is 0.0419 e. The second-order valence-corrected chi connectivity index (χ2v) is 7.13. The number of nitrogens with zero attached hydrogens (tertiary/aromatic N) is 1. The zero-order chi connectivity index (χ0) is 13.5. The highest BCUT2D eigenvalue weighted by Crippen LogP contribution is 2.38. The predicted octanol–water partition coefficient (Wildman–Crippen LogP) is 3.92.